The number of rotatable bonds is 5. The average molecular weight is 503 g/mol. The maximum atomic E-state index is 13.5. The predicted molar refractivity (Wildman–Crippen MR) is 108 cm³/mol. The molecule has 154 valence electrons. The van der Waals surface area contributed by atoms with Gasteiger partial charge in [-0.15, -0.1) is 16.4 Å². The predicted octanol–water partition coefficient (Wildman–Crippen LogP) is 2.08. The fourth-order valence-corrected chi connectivity index (χ4v) is 5.25. The highest BCUT2D eigenvalue weighted by atomic mass is 79.9. The Labute approximate surface area is 181 Å². The minimum atomic E-state index is -1.21. The molecule has 29 heavy (non-hydrogen) atoms. The van der Waals surface area contributed by atoms with Gasteiger partial charge in [-0.05, 0) is 34.1 Å². The van der Waals surface area contributed by atoms with Crippen LogP contribution in [0.15, 0.2) is 45.3 Å². The van der Waals surface area contributed by atoms with E-state index in [1.165, 1.54) is 22.1 Å². The van der Waals surface area contributed by atoms with Crippen molar-refractivity contribution >= 4 is 39.0 Å². The number of aromatic nitrogens is 4. The molecule has 1 aromatic carbocycles. The molecule has 1 aliphatic rings. The van der Waals surface area contributed by atoms with Crippen molar-refractivity contribution in [1.29, 1.82) is 0 Å². The van der Waals surface area contributed by atoms with E-state index in [-0.39, 0.29) is 4.47 Å². The Balaban J connectivity index is 1.61. The quantitative estimate of drug-likeness (QED) is 0.485. The maximum absolute atomic E-state index is 13.5. The number of ether oxygens (including phenoxy) is 1. The van der Waals surface area contributed by atoms with Crippen molar-refractivity contribution in [2.75, 3.05) is 6.61 Å². The van der Waals surface area contributed by atoms with E-state index in [1.54, 1.807) is 24.5 Å². The fourth-order valence-electron chi connectivity index (χ4n) is 3.03. The lowest BCUT2D eigenvalue weighted by Crippen LogP contribution is -2.55. The zero-order chi connectivity index (χ0) is 20.5. The summed E-state index contributed by atoms with van der Waals surface area (Å²) in [6.45, 7) is -0.442. The van der Waals surface area contributed by atoms with Crippen LogP contribution >= 0.6 is 39.0 Å². The number of nitrogens with zero attached hydrogens (tertiary/aromatic N) is 4. The zero-order valence-corrected chi connectivity index (χ0v) is 17.9. The maximum Gasteiger partial charge on any atom is 0.145 e. The van der Waals surface area contributed by atoms with Gasteiger partial charge in [0, 0.05) is 16.5 Å². The van der Waals surface area contributed by atoms with Crippen LogP contribution in [0.25, 0.3) is 10.7 Å². The number of hydrogen-bond donors (Lipinski definition) is 3. The average Bonchev–Trinajstić information content (AvgIpc) is 3.39. The van der Waals surface area contributed by atoms with Crippen LogP contribution in [-0.4, -0.2) is 65.7 Å². The van der Waals surface area contributed by atoms with Crippen LogP contribution in [0, 0.1) is 5.82 Å². The summed E-state index contributed by atoms with van der Waals surface area (Å²) in [7, 11) is 0. The van der Waals surface area contributed by atoms with Crippen LogP contribution in [0.3, 0.4) is 0 Å². The smallest absolute Gasteiger partial charge is 0.145 e. The van der Waals surface area contributed by atoms with Gasteiger partial charge in [-0.2, -0.15) is 0 Å². The number of aliphatic hydroxyl groups is 3. The Hall–Kier alpha value is -1.41. The second kappa shape index (κ2) is 8.76. The highest BCUT2D eigenvalue weighted by molar-refractivity contribution is 9.10. The lowest BCUT2D eigenvalue weighted by atomic mass is 9.97. The first kappa shape index (κ1) is 20.8. The molecule has 0 saturated carbocycles. The monoisotopic (exact) mass is 502 g/mol. The summed E-state index contributed by atoms with van der Waals surface area (Å²) in [5.41, 5.74) is -0.316. The topological polar surface area (TPSA) is 114 Å². The Kier molecular flexibility index (Phi) is 6.30. The molecule has 2 aromatic heterocycles. The molecule has 3 N–H and O–H groups in total. The summed E-state index contributed by atoms with van der Waals surface area (Å²) in [5, 5.41) is 41.8. The van der Waals surface area contributed by atoms with Gasteiger partial charge in [0.05, 0.1) is 17.3 Å². The zero-order valence-electron chi connectivity index (χ0n) is 14.7. The summed E-state index contributed by atoms with van der Waals surface area (Å²) in [4.78, 5) is 4.82. The molecule has 0 amide bonds. The molecule has 0 spiro atoms. The van der Waals surface area contributed by atoms with E-state index in [9.17, 15) is 19.7 Å². The lowest BCUT2D eigenvalue weighted by Gasteiger charge is -2.41. The summed E-state index contributed by atoms with van der Waals surface area (Å²) in [6, 6.07) is 3.53. The summed E-state index contributed by atoms with van der Waals surface area (Å²) in [6.07, 6.45) is -0.0827. The van der Waals surface area contributed by atoms with Crippen LogP contribution < -0.4 is 0 Å². The molecule has 8 nitrogen and oxygen atoms in total. The lowest BCUT2D eigenvalue weighted by molar-refractivity contribution is -0.178. The van der Waals surface area contributed by atoms with Crippen molar-refractivity contribution in [3.8, 4) is 10.7 Å². The molecule has 3 aromatic rings. The van der Waals surface area contributed by atoms with E-state index >= 15 is 0 Å². The number of thioether (sulfide) groups is 1. The van der Waals surface area contributed by atoms with Crippen molar-refractivity contribution in [3.05, 3.63) is 46.3 Å². The van der Waals surface area contributed by atoms with Crippen molar-refractivity contribution in [1.82, 2.24) is 20.0 Å². The van der Waals surface area contributed by atoms with E-state index in [2.05, 4.69) is 31.2 Å². The molecule has 3 heterocycles. The molecule has 4 rings (SSSR count). The summed E-state index contributed by atoms with van der Waals surface area (Å²) >= 11 is 5.68. The number of hydrogen-bond acceptors (Lipinski definition) is 9. The Morgan fingerprint density at radius 2 is 2.14 bits per heavy atom. The Morgan fingerprint density at radius 1 is 1.31 bits per heavy atom. The Morgan fingerprint density at radius 3 is 2.83 bits per heavy atom. The summed E-state index contributed by atoms with van der Waals surface area (Å²) < 4.78 is 20.8. The van der Waals surface area contributed by atoms with Gasteiger partial charge in [-0.25, -0.2) is 14.1 Å². The largest absolute Gasteiger partial charge is 0.394 e. The molecule has 12 heteroatoms. The van der Waals surface area contributed by atoms with Gasteiger partial charge in [0.25, 0.3) is 0 Å². The van der Waals surface area contributed by atoms with Crippen LogP contribution in [0.2, 0.25) is 0 Å². The minimum Gasteiger partial charge on any atom is -0.394 e. The van der Waals surface area contributed by atoms with Gasteiger partial charge in [0.15, 0.2) is 0 Å². The van der Waals surface area contributed by atoms with Crippen molar-refractivity contribution in [2.24, 2.45) is 0 Å². The van der Waals surface area contributed by atoms with Crippen LogP contribution in [0.5, 0.6) is 0 Å². The molecule has 1 saturated heterocycles. The first-order chi connectivity index (χ1) is 14.0. The molecule has 1 aliphatic heterocycles. The third-order valence-corrected chi connectivity index (χ3v) is 7.01. The first-order valence-corrected chi connectivity index (χ1v) is 11.1. The van der Waals surface area contributed by atoms with Crippen LogP contribution in [0.4, 0.5) is 4.39 Å². The van der Waals surface area contributed by atoms with Gasteiger partial charge in [0.2, 0.25) is 0 Å². The first-order valence-electron chi connectivity index (χ1n) is 8.54. The molecule has 5 atom stereocenters. The molecule has 1 fully saturated rings. The van der Waals surface area contributed by atoms with Gasteiger partial charge in [-0.3, -0.25) is 0 Å². The molecule has 0 bridgehead atoms. The van der Waals surface area contributed by atoms with Crippen molar-refractivity contribution in [3.63, 3.8) is 0 Å². The Bertz CT molecular complexity index is 976. The van der Waals surface area contributed by atoms with Gasteiger partial charge in [0.1, 0.15) is 46.3 Å². The molecule has 0 aliphatic carbocycles. The fraction of sp³-hybridized carbons (Fsp3) is 0.353. The minimum absolute atomic E-state index is 0.285. The second-order valence-corrected chi connectivity index (χ2v) is 9.23. The molecule has 3 unspecified atom stereocenters. The van der Waals surface area contributed by atoms with E-state index < -0.39 is 42.2 Å². The van der Waals surface area contributed by atoms with Crippen LogP contribution in [-0.2, 0) is 4.74 Å². The van der Waals surface area contributed by atoms with Crippen LogP contribution in [0.1, 0.15) is 6.04 Å². The molecular formula is C17H16BrFN4O4S2. The highest BCUT2D eigenvalue weighted by Gasteiger charge is 2.46. The highest BCUT2D eigenvalue weighted by Crippen LogP contribution is 2.39. The second-order valence-electron chi connectivity index (χ2n) is 6.31. The van der Waals surface area contributed by atoms with Gasteiger partial charge in [-0.1, -0.05) is 17.0 Å². The normalized spacial score (nSPS) is 27.3. The van der Waals surface area contributed by atoms with E-state index in [4.69, 9.17) is 4.74 Å². The van der Waals surface area contributed by atoms with Crippen molar-refractivity contribution < 1.29 is 24.4 Å². The van der Waals surface area contributed by atoms with E-state index in [0.29, 0.717) is 15.6 Å². The van der Waals surface area contributed by atoms with Gasteiger partial charge < -0.3 is 20.1 Å². The van der Waals surface area contributed by atoms with Crippen molar-refractivity contribution in [2.45, 2.75) is 34.7 Å². The number of halogens is 2. The number of thiazole rings is 1. The van der Waals surface area contributed by atoms with E-state index in [0.717, 1.165) is 11.8 Å². The van der Waals surface area contributed by atoms with E-state index in [1.807, 2.05) is 5.38 Å². The SMILES string of the molecule is OCC1O[C@H](Sc2ccc(F)c(Br)c2)C(O)C(n2cc(-c3nccs3)nn2)[C@H]1O. The third-order valence-electron chi connectivity index (χ3n) is 4.46. The standard InChI is InChI=1S/C17H16BrFN4O4S2/c18-9-5-8(1-2-10(9)19)29-17-15(26)13(14(25)12(7-24)27-17)23-6-11(21-22-23)16-20-3-4-28-16/h1-6,12-15,17,24-26H,7H2/t12?,13?,14-,15?,17+/m0/s1. The third kappa shape index (κ3) is 4.24. The number of aliphatic hydroxyl groups excluding tert-OH is 3. The molecule has 0 radical (unpaired) electrons. The van der Waals surface area contributed by atoms with Gasteiger partial charge >= 0.3 is 0 Å². The molecular weight excluding hydrogens is 487 g/mol. The number of benzene rings is 1. The summed E-state index contributed by atoms with van der Waals surface area (Å²) in [5.74, 6) is -0.404.